The average molecular weight is 519 g/mol. The Bertz CT molecular complexity index is 1860. The first-order valence-corrected chi connectivity index (χ1v) is 11.8. The lowest BCUT2D eigenvalue weighted by atomic mass is 10.2. The van der Waals surface area contributed by atoms with Gasteiger partial charge < -0.3 is 16.4 Å². The Labute approximate surface area is 222 Å². The van der Waals surface area contributed by atoms with E-state index < -0.39 is 11.6 Å². The van der Waals surface area contributed by atoms with E-state index in [1.807, 2.05) is 13.0 Å². The molecule has 39 heavy (non-hydrogen) atoms. The van der Waals surface area contributed by atoms with Crippen molar-refractivity contribution in [3.63, 3.8) is 0 Å². The highest BCUT2D eigenvalue weighted by molar-refractivity contribution is 6.04. The molecule has 0 spiro atoms. The number of benzene rings is 2. The van der Waals surface area contributed by atoms with Crippen molar-refractivity contribution >= 4 is 40.3 Å². The van der Waals surface area contributed by atoms with Crippen LogP contribution in [0.2, 0.25) is 0 Å². The van der Waals surface area contributed by atoms with Crippen molar-refractivity contribution in [2.75, 3.05) is 16.4 Å². The van der Waals surface area contributed by atoms with Gasteiger partial charge in [0.1, 0.15) is 17.7 Å². The molecule has 0 radical (unpaired) electrons. The van der Waals surface area contributed by atoms with Gasteiger partial charge in [0, 0.05) is 17.4 Å². The van der Waals surface area contributed by atoms with E-state index in [9.17, 15) is 14.4 Å². The van der Waals surface area contributed by atoms with E-state index in [4.69, 9.17) is 5.73 Å². The van der Waals surface area contributed by atoms with Crippen LogP contribution >= 0.6 is 0 Å². The summed E-state index contributed by atoms with van der Waals surface area (Å²) in [5, 5.41) is 5.43. The van der Waals surface area contributed by atoms with E-state index in [1.54, 1.807) is 67.7 Å². The van der Waals surface area contributed by atoms with Crippen molar-refractivity contribution < 1.29 is 9.59 Å². The van der Waals surface area contributed by atoms with E-state index in [2.05, 4.69) is 37.4 Å². The Morgan fingerprint density at radius 1 is 0.923 bits per heavy atom. The number of aryl methyl sites for hydroxylation is 1. The number of amides is 2. The Kier molecular flexibility index (Phi) is 6.59. The van der Waals surface area contributed by atoms with Gasteiger partial charge in [-0.25, -0.2) is 24.3 Å². The molecule has 0 aliphatic carbocycles. The zero-order valence-corrected chi connectivity index (χ0v) is 21.0. The van der Waals surface area contributed by atoms with Crippen LogP contribution in [0.15, 0.2) is 78.0 Å². The number of nitrogens with one attached hydrogen (secondary N) is 2. The third-order valence-electron chi connectivity index (χ3n) is 5.79. The van der Waals surface area contributed by atoms with Gasteiger partial charge in [-0.1, -0.05) is 12.0 Å². The minimum absolute atomic E-state index is 0.103. The first kappa shape index (κ1) is 24.9. The van der Waals surface area contributed by atoms with Crippen LogP contribution in [-0.4, -0.2) is 35.9 Å². The number of carbonyl (C=O) groups is 2. The summed E-state index contributed by atoms with van der Waals surface area (Å²) in [5.74, 6) is 4.68. The third kappa shape index (κ3) is 4.94. The topological polar surface area (TPSA) is 150 Å². The fourth-order valence-corrected chi connectivity index (χ4v) is 4.07. The number of pyridine rings is 1. The number of rotatable bonds is 5. The molecule has 0 fully saturated rings. The van der Waals surface area contributed by atoms with Gasteiger partial charge in [0.15, 0.2) is 11.5 Å². The number of imidazole rings is 1. The molecule has 0 unspecified atom stereocenters. The Morgan fingerprint density at radius 2 is 1.72 bits per heavy atom. The fraction of sp³-hybridized carbons (Fsp3) is 0.0714. The number of hydrogen-bond acceptors (Lipinski definition) is 7. The molecule has 11 heteroatoms. The summed E-state index contributed by atoms with van der Waals surface area (Å²) < 4.78 is 2.75. The number of anilines is 3. The van der Waals surface area contributed by atoms with Crippen molar-refractivity contribution in [2.45, 2.75) is 13.8 Å². The second-order valence-electron chi connectivity index (χ2n) is 8.48. The van der Waals surface area contributed by atoms with E-state index in [0.717, 1.165) is 5.56 Å². The second kappa shape index (κ2) is 10.3. The third-order valence-corrected chi connectivity index (χ3v) is 5.79. The number of carbonyl (C=O) groups excluding carboxylic acids is 2. The van der Waals surface area contributed by atoms with E-state index >= 15 is 0 Å². The van der Waals surface area contributed by atoms with E-state index in [-0.39, 0.29) is 17.4 Å². The van der Waals surface area contributed by atoms with Gasteiger partial charge in [0.05, 0.1) is 11.4 Å². The molecule has 5 aromatic rings. The van der Waals surface area contributed by atoms with Crippen LogP contribution in [0.4, 0.5) is 17.3 Å². The standard InChI is InChI=1S/C28H22N8O3/c1-3-5-23(37)33-19-6-4-7-21(15-19)36-26-24(25(29)31-16-32-26)35(28(36)39)20-10-8-18(9-11-20)27(38)34-22-14-17(2)12-13-30-22/h4,6-16H,1-2H3,(H,33,37)(H2,29,31,32)(H,30,34,38). The van der Waals surface area contributed by atoms with Crippen molar-refractivity contribution in [3.05, 3.63) is 94.8 Å². The highest BCUT2D eigenvalue weighted by Crippen LogP contribution is 2.24. The first-order chi connectivity index (χ1) is 18.9. The fourth-order valence-electron chi connectivity index (χ4n) is 4.07. The SMILES string of the molecule is CC#CC(=O)Nc1cccc(-n2c(=O)n(-c3ccc(C(=O)Nc4cc(C)ccn4)cc3)c3c(N)ncnc32)c1. The predicted octanol–water partition coefficient (Wildman–Crippen LogP) is 3.07. The smallest absolute Gasteiger partial charge is 0.339 e. The molecule has 2 amide bonds. The summed E-state index contributed by atoms with van der Waals surface area (Å²) in [5.41, 5.74) is 9.01. The number of nitrogens with zero attached hydrogens (tertiary/aromatic N) is 5. The van der Waals surface area contributed by atoms with Gasteiger partial charge >= 0.3 is 5.69 Å². The number of nitrogen functional groups attached to an aromatic ring is 1. The van der Waals surface area contributed by atoms with Crippen molar-refractivity contribution in [2.24, 2.45) is 0 Å². The normalized spacial score (nSPS) is 10.5. The zero-order valence-electron chi connectivity index (χ0n) is 21.0. The summed E-state index contributed by atoms with van der Waals surface area (Å²) >= 11 is 0. The molecule has 0 aliphatic heterocycles. The van der Waals surface area contributed by atoms with Crippen LogP contribution in [0.25, 0.3) is 22.5 Å². The molecule has 0 saturated heterocycles. The Morgan fingerprint density at radius 3 is 2.46 bits per heavy atom. The monoisotopic (exact) mass is 518 g/mol. The van der Waals surface area contributed by atoms with E-state index in [0.29, 0.717) is 34.0 Å². The number of aromatic nitrogens is 5. The molecule has 0 bridgehead atoms. The minimum Gasteiger partial charge on any atom is -0.382 e. The highest BCUT2D eigenvalue weighted by atomic mass is 16.2. The lowest BCUT2D eigenvalue weighted by molar-refractivity contribution is -0.111. The highest BCUT2D eigenvalue weighted by Gasteiger charge is 2.20. The number of nitrogens with two attached hydrogens (primary N) is 1. The minimum atomic E-state index is -0.474. The van der Waals surface area contributed by atoms with Crippen LogP contribution in [-0.2, 0) is 4.79 Å². The molecule has 0 aliphatic rings. The maximum absolute atomic E-state index is 13.8. The molecular weight excluding hydrogens is 496 g/mol. The lowest BCUT2D eigenvalue weighted by Gasteiger charge is -2.07. The molecule has 2 aromatic carbocycles. The van der Waals surface area contributed by atoms with Crippen LogP contribution in [0.1, 0.15) is 22.8 Å². The quantitative estimate of drug-likeness (QED) is 0.303. The van der Waals surface area contributed by atoms with Crippen molar-refractivity contribution in [1.82, 2.24) is 24.1 Å². The molecule has 0 atom stereocenters. The molecule has 3 heterocycles. The van der Waals surface area contributed by atoms with Crippen LogP contribution < -0.4 is 22.1 Å². The largest absolute Gasteiger partial charge is 0.382 e. The molecule has 5 rings (SSSR count). The van der Waals surface area contributed by atoms with Gasteiger partial charge in [0.2, 0.25) is 0 Å². The summed E-state index contributed by atoms with van der Waals surface area (Å²) in [4.78, 5) is 51.0. The zero-order chi connectivity index (χ0) is 27.5. The summed E-state index contributed by atoms with van der Waals surface area (Å²) in [6.45, 7) is 3.47. The summed E-state index contributed by atoms with van der Waals surface area (Å²) in [6.07, 6.45) is 2.89. The first-order valence-electron chi connectivity index (χ1n) is 11.8. The van der Waals surface area contributed by atoms with E-state index in [1.165, 1.54) is 15.5 Å². The Balaban J connectivity index is 1.55. The molecule has 3 aromatic heterocycles. The average Bonchev–Trinajstić information content (AvgIpc) is 3.22. The van der Waals surface area contributed by atoms with Gasteiger partial charge in [0.25, 0.3) is 11.8 Å². The van der Waals surface area contributed by atoms with Gasteiger partial charge in [-0.15, -0.1) is 0 Å². The van der Waals surface area contributed by atoms with Crippen LogP contribution in [0.3, 0.4) is 0 Å². The summed E-state index contributed by atoms with van der Waals surface area (Å²) in [6, 6.07) is 16.8. The Hall–Kier alpha value is -5.76. The molecule has 192 valence electrons. The molecule has 4 N–H and O–H groups in total. The molecule has 11 nitrogen and oxygen atoms in total. The summed E-state index contributed by atoms with van der Waals surface area (Å²) in [7, 11) is 0. The van der Waals surface area contributed by atoms with Crippen LogP contribution in [0.5, 0.6) is 0 Å². The maximum Gasteiger partial charge on any atom is 0.339 e. The van der Waals surface area contributed by atoms with Crippen LogP contribution in [0, 0.1) is 18.8 Å². The number of hydrogen-bond donors (Lipinski definition) is 3. The maximum atomic E-state index is 13.8. The number of fused-ring (bicyclic) bond motifs is 1. The second-order valence-corrected chi connectivity index (χ2v) is 8.48. The van der Waals surface area contributed by atoms with Crippen molar-refractivity contribution in [3.8, 4) is 23.2 Å². The van der Waals surface area contributed by atoms with Gasteiger partial charge in [-0.05, 0) is 79.9 Å². The van der Waals surface area contributed by atoms with Gasteiger partial charge in [-0.3, -0.25) is 14.2 Å². The predicted molar refractivity (Wildman–Crippen MR) is 148 cm³/mol. The van der Waals surface area contributed by atoms with Crippen molar-refractivity contribution in [1.29, 1.82) is 0 Å². The molecular formula is C28H22N8O3. The molecule has 0 saturated carbocycles. The van der Waals surface area contributed by atoms with Gasteiger partial charge in [-0.2, -0.15) is 0 Å². The lowest BCUT2D eigenvalue weighted by Crippen LogP contribution is -2.22.